The molecule has 1 aliphatic rings. The van der Waals surface area contributed by atoms with E-state index < -0.39 is 5.91 Å². The van der Waals surface area contributed by atoms with E-state index in [4.69, 9.17) is 4.52 Å². The highest BCUT2D eigenvalue weighted by molar-refractivity contribution is 6.01. The molecule has 1 saturated heterocycles. The van der Waals surface area contributed by atoms with Gasteiger partial charge < -0.3 is 20.3 Å². The normalized spacial score (nSPS) is 17.9. The van der Waals surface area contributed by atoms with E-state index in [1.54, 1.807) is 19.1 Å². The molecule has 7 nitrogen and oxygen atoms in total. The second-order valence-corrected chi connectivity index (χ2v) is 5.06. The van der Waals surface area contributed by atoms with Gasteiger partial charge in [-0.3, -0.25) is 4.79 Å². The molecule has 7 heteroatoms. The predicted molar refractivity (Wildman–Crippen MR) is 75.1 cm³/mol. The van der Waals surface area contributed by atoms with Crippen LogP contribution in [0.25, 0.3) is 0 Å². The molecule has 3 N–H and O–H groups in total. The number of benzene rings is 1. The number of hydrogen-bond donors (Lipinski definition) is 3. The van der Waals surface area contributed by atoms with Crippen LogP contribution in [0.3, 0.4) is 0 Å². The van der Waals surface area contributed by atoms with Crippen molar-refractivity contribution in [2.45, 2.75) is 25.8 Å². The maximum Gasteiger partial charge on any atom is 0.297 e. The maximum atomic E-state index is 12.1. The Hall–Kier alpha value is -2.41. The number of aromatic hydroxyl groups is 1. The molecule has 3 rings (SSSR count). The van der Waals surface area contributed by atoms with Crippen LogP contribution in [0.5, 0.6) is 5.75 Å². The van der Waals surface area contributed by atoms with Crippen molar-refractivity contribution in [1.29, 1.82) is 0 Å². The lowest BCUT2D eigenvalue weighted by atomic mass is 10.2. The molecule has 21 heavy (non-hydrogen) atoms. The summed E-state index contributed by atoms with van der Waals surface area (Å²) in [6, 6.07) is 4.84. The number of hydrogen-bond acceptors (Lipinski definition) is 6. The van der Waals surface area contributed by atoms with Crippen molar-refractivity contribution >= 4 is 11.6 Å². The molecule has 1 fully saturated rings. The van der Waals surface area contributed by atoms with Crippen molar-refractivity contribution in [2.75, 3.05) is 11.9 Å². The molecule has 1 aliphatic heterocycles. The van der Waals surface area contributed by atoms with E-state index in [9.17, 15) is 9.90 Å². The van der Waals surface area contributed by atoms with Crippen molar-refractivity contribution < 1.29 is 14.4 Å². The summed E-state index contributed by atoms with van der Waals surface area (Å²) in [6.07, 6.45) is 1.99. The summed E-state index contributed by atoms with van der Waals surface area (Å²) in [4.78, 5) is 16.2. The number of nitrogens with zero attached hydrogens (tertiary/aromatic N) is 2. The van der Waals surface area contributed by atoms with Gasteiger partial charge >= 0.3 is 0 Å². The van der Waals surface area contributed by atoms with Gasteiger partial charge in [0.15, 0.2) is 0 Å². The lowest BCUT2D eigenvalue weighted by Crippen LogP contribution is -2.15. The van der Waals surface area contributed by atoms with Crippen molar-refractivity contribution in [3.63, 3.8) is 0 Å². The van der Waals surface area contributed by atoms with Gasteiger partial charge in [-0.25, -0.2) is 0 Å². The van der Waals surface area contributed by atoms with Gasteiger partial charge in [0.1, 0.15) is 5.75 Å². The van der Waals surface area contributed by atoms with Crippen molar-refractivity contribution in [2.24, 2.45) is 0 Å². The van der Waals surface area contributed by atoms with Crippen LogP contribution in [0.1, 0.15) is 41.0 Å². The van der Waals surface area contributed by atoms with E-state index in [-0.39, 0.29) is 17.6 Å². The van der Waals surface area contributed by atoms with Crippen LogP contribution in [0.4, 0.5) is 5.69 Å². The van der Waals surface area contributed by atoms with Crippen LogP contribution >= 0.6 is 0 Å². The molecule has 2 aromatic rings. The number of aryl methyl sites for hydroxylation is 1. The Balaban J connectivity index is 1.71. The summed E-state index contributed by atoms with van der Waals surface area (Å²) in [5.41, 5.74) is 1.25. The smallest absolute Gasteiger partial charge is 0.297 e. The maximum absolute atomic E-state index is 12.1. The molecule has 2 heterocycles. The van der Waals surface area contributed by atoms with E-state index in [2.05, 4.69) is 20.8 Å². The van der Waals surface area contributed by atoms with E-state index in [1.807, 2.05) is 0 Å². The van der Waals surface area contributed by atoms with Gasteiger partial charge in [-0.2, -0.15) is 4.98 Å². The SMILES string of the molecule is Cc1cc(NC(=O)c2noc(C3CCCN3)n2)ccc1O. The highest BCUT2D eigenvalue weighted by atomic mass is 16.5. The highest BCUT2D eigenvalue weighted by Crippen LogP contribution is 2.22. The first-order valence-electron chi connectivity index (χ1n) is 6.81. The number of phenolic OH excluding ortho intramolecular Hbond substituents is 1. The number of nitrogens with one attached hydrogen (secondary N) is 2. The highest BCUT2D eigenvalue weighted by Gasteiger charge is 2.24. The summed E-state index contributed by atoms with van der Waals surface area (Å²) < 4.78 is 5.13. The van der Waals surface area contributed by atoms with Crippen molar-refractivity contribution in [3.8, 4) is 5.75 Å². The van der Waals surface area contributed by atoms with Crippen molar-refractivity contribution in [3.05, 3.63) is 35.5 Å². The van der Waals surface area contributed by atoms with Crippen LogP contribution in [0.2, 0.25) is 0 Å². The largest absolute Gasteiger partial charge is 0.508 e. The van der Waals surface area contributed by atoms with E-state index >= 15 is 0 Å². The quantitative estimate of drug-likeness (QED) is 0.744. The standard InChI is InChI=1S/C14H16N4O3/c1-8-7-9(4-5-11(8)19)16-13(20)12-17-14(21-18-12)10-3-2-6-15-10/h4-5,7,10,15,19H,2-3,6H2,1H3,(H,16,20). The number of carbonyl (C=O) groups is 1. The molecule has 0 saturated carbocycles. The molecule has 1 aromatic heterocycles. The zero-order valence-electron chi connectivity index (χ0n) is 11.6. The second-order valence-electron chi connectivity index (χ2n) is 5.06. The lowest BCUT2D eigenvalue weighted by Gasteiger charge is -2.04. The Morgan fingerprint density at radius 3 is 3.10 bits per heavy atom. The van der Waals surface area contributed by atoms with Crippen LogP contribution in [0, 0.1) is 6.92 Å². The van der Waals surface area contributed by atoms with Crippen LogP contribution in [-0.4, -0.2) is 27.7 Å². The minimum atomic E-state index is -0.437. The van der Waals surface area contributed by atoms with Crippen LogP contribution in [0.15, 0.2) is 22.7 Å². The van der Waals surface area contributed by atoms with Crippen molar-refractivity contribution in [1.82, 2.24) is 15.5 Å². The Bertz CT molecular complexity index is 662. The van der Waals surface area contributed by atoms with Gasteiger partial charge in [-0.1, -0.05) is 5.16 Å². The van der Waals surface area contributed by atoms with Gasteiger partial charge in [0.05, 0.1) is 6.04 Å². The first-order valence-corrected chi connectivity index (χ1v) is 6.81. The zero-order valence-corrected chi connectivity index (χ0v) is 11.6. The number of phenols is 1. The predicted octanol–water partition coefficient (Wildman–Crippen LogP) is 1.76. The lowest BCUT2D eigenvalue weighted by molar-refractivity contribution is 0.101. The Morgan fingerprint density at radius 2 is 2.38 bits per heavy atom. The summed E-state index contributed by atoms with van der Waals surface area (Å²) in [7, 11) is 0. The molecular weight excluding hydrogens is 272 g/mol. The monoisotopic (exact) mass is 288 g/mol. The first kappa shape index (κ1) is 13.6. The molecule has 1 aromatic carbocycles. The van der Waals surface area contributed by atoms with E-state index in [0.717, 1.165) is 19.4 Å². The molecule has 1 atom stereocenters. The second kappa shape index (κ2) is 5.53. The fourth-order valence-electron chi connectivity index (χ4n) is 2.28. The summed E-state index contributed by atoms with van der Waals surface area (Å²) in [6.45, 7) is 2.67. The average Bonchev–Trinajstić information content (AvgIpc) is 3.12. The summed E-state index contributed by atoms with van der Waals surface area (Å²) in [5.74, 6) is 0.194. The summed E-state index contributed by atoms with van der Waals surface area (Å²) in [5, 5.41) is 19.1. The Morgan fingerprint density at radius 1 is 1.52 bits per heavy atom. The molecule has 0 aliphatic carbocycles. The third kappa shape index (κ3) is 2.87. The van der Waals surface area contributed by atoms with E-state index in [1.165, 1.54) is 6.07 Å². The molecule has 0 bridgehead atoms. The van der Waals surface area contributed by atoms with Gasteiger partial charge in [0.2, 0.25) is 5.89 Å². The topological polar surface area (TPSA) is 100 Å². The fraction of sp³-hybridized carbons (Fsp3) is 0.357. The number of anilines is 1. The first-order chi connectivity index (χ1) is 10.1. The Labute approximate surface area is 121 Å². The minimum absolute atomic E-state index is 0.00410. The third-order valence-corrected chi connectivity index (χ3v) is 3.46. The molecule has 1 amide bonds. The molecule has 0 spiro atoms. The zero-order chi connectivity index (χ0) is 14.8. The van der Waals surface area contributed by atoms with Gasteiger partial charge in [0, 0.05) is 5.69 Å². The van der Waals surface area contributed by atoms with E-state index in [0.29, 0.717) is 17.1 Å². The van der Waals surface area contributed by atoms with Crippen LogP contribution < -0.4 is 10.6 Å². The number of rotatable bonds is 3. The van der Waals surface area contributed by atoms with Gasteiger partial charge in [-0.15, -0.1) is 0 Å². The Kier molecular flexibility index (Phi) is 3.57. The number of aromatic nitrogens is 2. The van der Waals surface area contributed by atoms with Gasteiger partial charge in [0.25, 0.3) is 11.7 Å². The third-order valence-electron chi connectivity index (χ3n) is 3.46. The summed E-state index contributed by atoms with van der Waals surface area (Å²) >= 11 is 0. The average molecular weight is 288 g/mol. The number of amides is 1. The number of carbonyl (C=O) groups excluding carboxylic acids is 1. The van der Waals surface area contributed by atoms with Crippen LogP contribution in [-0.2, 0) is 0 Å². The van der Waals surface area contributed by atoms with Gasteiger partial charge in [-0.05, 0) is 50.1 Å². The molecular formula is C14H16N4O3. The molecule has 110 valence electrons. The molecule has 0 radical (unpaired) electrons. The molecule has 1 unspecified atom stereocenters. The minimum Gasteiger partial charge on any atom is -0.508 e. The fourth-order valence-corrected chi connectivity index (χ4v) is 2.28.